The fourth-order valence-corrected chi connectivity index (χ4v) is 4.53. The van der Waals surface area contributed by atoms with Gasteiger partial charge in [0.15, 0.2) is 0 Å². The first kappa shape index (κ1) is 26.3. The van der Waals surface area contributed by atoms with Gasteiger partial charge in [-0.1, -0.05) is 64.6 Å². The number of hydrogen-bond donors (Lipinski definition) is 1. The van der Waals surface area contributed by atoms with E-state index in [0.717, 1.165) is 21.7 Å². The van der Waals surface area contributed by atoms with Crippen LogP contribution in [0.4, 0.5) is 5.69 Å². The molecule has 2 aromatic rings. The molecule has 0 fully saturated rings. The van der Waals surface area contributed by atoms with Crippen molar-refractivity contribution < 1.29 is 18.0 Å². The number of anilines is 1. The number of likely N-dealkylation sites (N-methyl/N-ethyl adjacent to an activating group) is 1. The largest absolute Gasteiger partial charge is 0.357 e. The summed E-state index contributed by atoms with van der Waals surface area (Å²) >= 11 is 18.2. The molecule has 2 amide bonds. The molecule has 1 atom stereocenters. The molecule has 0 heterocycles. The number of benzene rings is 2. The second-order valence-electron chi connectivity index (χ2n) is 7.28. The highest BCUT2D eigenvalue weighted by molar-refractivity contribution is 7.92. The van der Waals surface area contributed by atoms with Crippen LogP contribution in [0.3, 0.4) is 0 Å². The highest BCUT2D eigenvalue weighted by Gasteiger charge is 2.30. The molecule has 0 spiro atoms. The van der Waals surface area contributed by atoms with Crippen molar-refractivity contribution >= 4 is 62.3 Å². The number of nitrogens with zero attached hydrogens (tertiary/aromatic N) is 2. The number of nitrogens with one attached hydrogen (secondary N) is 1. The van der Waals surface area contributed by atoms with Crippen molar-refractivity contribution in [1.82, 2.24) is 10.2 Å². The molecule has 0 radical (unpaired) electrons. The summed E-state index contributed by atoms with van der Waals surface area (Å²) < 4.78 is 25.9. The first-order chi connectivity index (χ1) is 14.8. The maximum Gasteiger partial charge on any atom is 0.244 e. The second kappa shape index (κ2) is 10.7. The minimum atomic E-state index is -3.93. The first-order valence-corrected chi connectivity index (χ1v) is 12.5. The average Bonchev–Trinajstić information content (AvgIpc) is 2.72. The van der Waals surface area contributed by atoms with Crippen LogP contribution in [0.1, 0.15) is 18.1 Å². The zero-order chi connectivity index (χ0) is 24.2. The zero-order valence-corrected chi connectivity index (χ0v) is 21.1. The molecule has 11 heteroatoms. The van der Waals surface area contributed by atoms with Gasteiger partial charge in [-0.15, -0.1) is 0 Å². The Morgan fingerprint density at radius 1 is 1.03 bits per heavy atom. The van der Waals surface area contributed by atoms with E-state index in [1.165, 1.54) is 24.1 Å². The van der Waals surface area contributed by atoms with Gasteiger partial charge >= 0.3 is 0 Å². The van der Waals surface area contributed by atoms with Crippen molar-refractivity contribution in [1.29, 1.82) is 0 Å². The Morgan fingerprint density at radius 2 is 1.59 bits per heavy atom. The number of carbonyl (C=O) groups is 2. The van der Waals surface area contributed by atoms with Crippen LogP contribution in [0, 0.1) is 6.92 Å². The average molecular weight is 521 g/mol. The molecule has 32 heavy (non-hydrogen) atoms. The van der Waals surface area contributed by atoms with Crippen molar-refractivity contribution in [3.8, 4) is 0 Å². The standard InChI is InChI=1S/C21H24Cl3N3O4S/c1-13-5-7-15(8-6-13)11-26(14(2)21(29)25-3)20(28)12-27(32(4,30)31)19-10-17(23)16(22)9-18(19)24/h5-10,14H,11-12H2,1-4H3,(H,25,29)/t14-/m1/s1. The lowest BCUT2D eigenvalue weighted by molar-refractivity contribution is -0.139. The zero-order valence-electron chi connectivity index (χ0n) is 18.0. The predicted octanol–water partition coefficient (Wildman–Crippen LogP) is 3.88. The quantitative estimate of drug-likeness (QED) is 0.535. The summed E-state index contributed by atoms with van der Waals surface area (Å²) in [5.41, 5.74) is 1.85. The van der Waals surface area contributed by atoms with Gasteiger partial charge in [-0.2, -0.15) is 0 Å². The highest BCUT2D eigenvalue weighted by Crippen LogP contribution is 2.35. The molecule has 0 aliphatic rings. The maximum absolute atomic E-state index is 13.3. The lowest BCUT2D eigenvalue weighted by atomic mass is 10.1. The van der Waals surface area contributed by atoms with Crippen molar-refractivity contribution in [2.75, 3.05) is 24.2 Å². The number of carbonyl (C=O) groups excluding carboxylic acids is 2. The Morgan fingerprint density at radius 3 is 2.12 bits per heavy atom. The van der Waals surface area contributed by atoms with E-state index in [2.05, 4.69) is 5.32 Å². The van der Waals surface area contributed by atoms with Gasteiger partial charge in [-0.3, -0.25) is 13.9 Å². The van der Waals surface area contributed by atoms with Crippen molar-refractivity contribution in [3.05, 3.63) is 62.6 Å². The Bertz CT molecular complexity index is 1110. The normalized spacial score (nSPS) is 12.2. The van der Waals surface area contributed by atoms with E-state index >= 15 is 0 Å². The van der Waals surface area contributed by atoms with Gasteiger partial charge in [-0.25, -0.2) is 8.42 Å². The van der Waals surface area contributed by atoms with Crippen LogP contribution in [-0.4, -0.2) is 51.0 Å². The molecule has 0 aliphatic heterocycles. The fourth-order valence-electron chi connectivity index (χ4n) is 2.98. The van der Waals surface area contributed by atoms with Crippen LogP contribution in [0.2, 0.25) is 15.1 Å². The minimum absolute atomic E-state index is 0.0137. The monoisotopic (exact) mass is 519 g/mol. The molecular formula is C21H24Cl3N3O4S. The number of amides is 2. The Labute approximate surface area is 203 Å². The summed E-state index contributed by atoms with van der Waals surface area (Å²) in [6, 6.07) is 9.21. The van der Waals surface area contributed by atoms with Gasteiger partial charge in [-0.05, 0) is 31.5 Å². The molecule has 1 N–H and O–H groups in total. The lowest BCUT2D eigenvalue weighted by Gasteiger charge is -2.31. The summed E-state index contributed by atoms with van der Waals surface area (Å²) in [4.78, 5) is 26.9. The molecule has 2 rings (SSSR count). The van der Waals surface area contributed by atoms with E-state index in [1.807, 2.05) is 31.2 Å². The predicted molar refractivity (Wildman–Crippen MR) is 129 cm³/mol. The first-order valence-electron chi connectivity index (χ1n) is 9.54. The molecule has 7 nitrogen and oxygen atoms in total. The van der Waals surface area contributed by atoms with E-state index in [0.29, 0.717) is 0 Å². The van der Waals surface area contributed by atoms with Gasteiger partial charge in [0.25, 0.3) is 0 Å². The van der Waals surface area contributed by atoms with Crippen LogP contribution >= 0.6 is 34.8 Å². The van der Waals surface area contributed by atoms with Crippen molar-refractivity contribution in [2.24, 2.45) is 0 Å². The molecule has 2 aromatic carbocycles. The van der Waals surface area contributed by atoms with E-state index in [4.69, 9.17) is 34.8 Å². The van der Waals surface area contributed by atoms with Crippen LogP contribution in [0.15, 0.2) is 36.4 Å². The number of sulfonamides is 1. The molecule has 0 aliphatic carbocycles. The van der Waals surface area contributed by atoms with Crippen LogP contribution < -0.4 is 9.62 Å². The smallest absolute Gasteiger partial charge is 0.244 e. The van der Waals surface area contributed by atoms with Crippen molar-refractivity contribution in [3.63, 3.8) is 0 Å². The summed E-state index contributed by atoms with van der Waals surface area (Å²) in [5, 5.41) is 2.76. The third kappa shape index (κ3) is 6.51. The van der Waals surface area contributed by atoms with Crippen molar-refractivity contribution in [2.45, 2.75) is 26.4 Å². The molecule has 0 saturated heterocycles. The van der Waals surface area contributed by atoms with Crippen LogP contribution in [-0.2, 0) is 26.2 Å². The van der Waals surface area contributed by atoms with E-state index in [1.54, 1.807) is 6.92 Å². The van der Waals surface area contributed by atoms with Gasteiger partial charge < -0.3 is 10.2 Å². The van der Waals surface area contributed by atoms with Gasteiger partial charge in [0, 0.05) is 13.6 Å². The minimum Gasteiger partial charge on any atom is -0.357 e. The number of halogens is 3. The molecule has 174 valence electrons. The van der Waals surface area contributed by atoms with Crippen LogP contribution in [0.5, 0.6) is 0 Å². The van der Waals surface area contributed by atoms with Gasteiger partial charge in [0.2, 0.25) is 21.8 Å². The van der Waals surface area contributed by atoms with Crippen LogP contribution in [0.25, 0.3) is 0 Å². The number of hydrogen-bond acceptors (Lipinski definition) is 4. The van der Waals surface area contributed by atoms with E-state index in [9.17, 15) is 18.0 Å². The van der Waals surface area contributed by atoms with E-state index in [-0.39, 0.29) is 33.2 Å². The molecule has 0 bridgehead atoms. The lowest BCUT2D eigenvalue weighted by Crippen LogP contribution is -2.50. The Hall–Kier alpha value is -2.00. The highest BCUT2D eigenvalue weighted by atomic mass is 35.5. The topological polar surface area (TPSA) is 86.8 Å². The number of aryl methyl sites for hydroxylation is 1. The summed E-state index contributed by atoms with van der Waals surface area (Å²) in [5.74, 6) is -0.974. The third-order valence-corrected chi connectivity index (χ3v) is 6.98. The maximum atomic E-state index is 13.3. The summed E-state index contributed by atoms with van der Waals surface area (Å²) in [6.07, 6.45) is 0.950. The molecular weight excluding hydrogens is 497 g/mol. The van der Waals surface area contributed by atoms with Gasteiger partial charge in [0.1, 0.15) is 12.6 Å². The summed E-state index contributed by atoms with van der Waals surface area (Å²) in [7, 11) is -2.47. The number of rotatable bonds is 8. The fraction of sp³-hybridized carbons (Fsp3) is 0.333. The SMILES string of the molecule is CNC(=O)[C@@H](C)N(Cc1ccc(C)cc1)C(=O)CN(c1cc(Cl)c(Cl)cc1Cl)S(C)(=O)=O. The Kier molecular flexibility index (Phi) is 8.82. The van der Waals surface area contributed by atoms with E-state index < -0.39 is 28.5 Å². The summed E-state index contributed by atoms with van der Waals surface area (Å²) in [6.45, 7) is 3.04. The molecule has 0 aromatic heterocycles. The molecule has 0 unspecified atom stereocenters. The third-order valence-electron chi connectivity index (χ3n) is 4.82. The second-order valence-corrected chi connectivity index (χ2v) is 10.4. The molecule has 0 saturated carbocycles. The van der Waals surface area contributed by atoms with Gasteiger partial charge in [0.05, 0.1) is 27.0 Å². The Balaban J connectivity index is 2.44.